The van der Waals surface area contributed by atoms with E-state index in [-0.39, 0.29) is 27.8 Å². The van der Waals surface area contributed by atoms with Gasteiger partial charge in [-0.15, -0.1) is 4.13 Å². The van der Waals surface area contributed by atoms with Crippen molar-refractivity contribution in [1.29, 1.82) is 0 Å². The van der Waals surface area contributed by atoms with E-state index in [9.17, 15) is 51.6 Å². The molecule has 1 aliphatic rings. The zero-order valence-corrected chi connectivity index (χ0v) is 18.5. The van der Waals surface area contributed by atoms with E-state index in [1.54, 1.807) is 30.3 Å². The van der Waals surface area contributed by atoms with Crippen LogP contribution in [0.15, 0.2) is 30.3 Å². The molecule has 184 valence electrons. The molecule has 0 amide bonds. The standard InChI is InChI=1S/C14H17F6N3O6S3/c1-30(24,25)21-31(26,27)13(17,18)12(15,16)14(19,20)32(28,29)23-9-7-22(8-10-23)11-5-3-2-4-6-11/h2-6,21H,7-10H2,1H3. The number of benzene rings is 1. The van der Waals surface area contributed by atoms with E-state index in [1.165, 1.54) is 4.90 Å². The third-order valence-corrected chi connectivity index (χ3v) is 9.32. The zero-order valence-electron chi connectivity index (χ0n) is 16.1. The fraction of sp³-hybridized carbons (Fsp3) is 0.571. The molecule has 0 radical (unpaired) electrons. The number of hydrogen-bond acceptors (Lipinski definition) is 7. The number of anilines is 1. The van der Waals surface area contributed by atoms with Gasteiger partial charge in [0.05, 0.1) is 6.26 Å². The van der Waals surface area contributed by atoms with Crippen molar-refractivity contribution in [2.24, 2.45) is 0 Å². The average Bonchev–Trinajstić information content (AvgIpc) is 2.66. The summed E-state index contributed by atoms with van der Waals surface area (Å²) in [6, 6.07) is 8.13. The Balaban J connectivity index is 2.34. The summed E-state index contributed by atoms with van der Waals surface area (Å²) in [5.74, 6) is -7.04. The van der Waals surface area contributed by atoms with Crippen LogP contribution in [-0.2, 0) is 30.1 Å². The van der Waals surface area contributed by atoms with Crippen molar-refractivity contribution in [2.75, 3.05) is 37.3 Å². The molecule has 1 aromatic rings. The maximum absolute atomic E-state index is 14.3. The molecule has 2 rings (SSSR count). The van der Waals surface area contributed by atoms with Crippen LogP contribution in [0.5, 0.6) is 0 Å². The van der Waals surface area contributed by atoms with Crippen molar-refractivity contribution in [3.8, 4) is 0 Å². The molecule has 0 bridgehead atoms. The molecule has 32 heavy (non-hydrogen) atoms. The van der Waals surface area contributed by atoms with E-state index < -0.39 is 59.6 Å². The second-order valence-corrected chi connectivity index (χ2v) is 12.4. The van der Waals surface area contributed by atoms with E-state index in [2.05, 4.69) is 0 Å². The minimum atomic E-state index is -7.04. The molecule has 1 saturated heterocycles. The van der Waals surface area contributed by atoms with Crippen molar-refractivity contribution in [1.82, 2.24) is 8.43 Å². The van der Waals surface area contributed by atoms with Gasteiger partial charge in [0.15, 0.2) is 0 Å². The molecule has 1 aliphatic heterocycles. The first-order valence-corrected chi connectivity index (χ1v) is 13.3. The van der Waals surface area contributed by atoms with Gasteiger partial charge < -0.3 is 4.90 Å². The van der Waals surface area contributed by atoms with E-state index in [1.807, 2.05) is 0 Å². The number of nitrogens with one attached hydrogen (secondary N) is 1. The van der Waals surface area contributed by atoms with Crippen molar-refractivity contribution >= 4 is 35.8 Å². The Kier molecular flexibility index (Phi) is 6.90. The lowest BCUT2D eigenvalue weighted by Crippen LogP contribution is -2.66. The first-order chi connectivity index (χ1) is 14.3. The number of rotatable bonds is 8. The number of hydrogen-bond donors (Lipinski definition) is 1. The summed E-state index contributed by atoms with van der Waals surface area (Å²) in [4.78, 5) is 1.53. The maximum Gasteiger partial charge on any atom is 0.429 e. The second-order valence-electron chi connectivity index (χ2n) is 6.69. The molecule has 0 aromatic heterocycles. The van der Waals surface area contributed by atoms with E-state index >= 15 is 0 Å². The number of nitrogens with zero attached hydrogens (tertiary/aromatic N) is 2. The van der Waals surface area contributed by atoms with E-state index in [0.29, 0.717) is 5.69 Å². The molecule has 1 fully saturated rings. The average molecular weight is 533 g/mol. The normalized spacial score (nSPS) is 18.0. The van der Waals surface area contributed by atoms with Gasteiger partial charge in [-0.1, -0.05) is 18.2 Å². The van der Waals surface area contributed by atoms with E-state index in [0.717, 1.165) is 0 Å². The summed E-state index contributed by atoms with van der Waals surface area (Å²) in [7, 11) is -18.6. The van der Waals surface area contributed by atoms with Crippen molar-refractivity contribution < 1.29 is 51.6 Å². The summed E-state index contributed by atoms with van der Waals surface area (Å²) in [6.07, 6.45) is -0.0140. The molecular weight excluding hydrogens is 516 g/mol. The Hall–Kier alpha value is -1.63. The molecule has 1 aromatic carbocycles. The van der Waals surface area contributed by atoms with Gasteiger partial charge in [0, 0.05) is 31.9 Å². The van der Waals surface area contributed by atoms with Gasteiger partial charge in [0.2, 0.25) is 10.0 Å². The Morgan fingerprint density at radius 3 is 1.69 bits per heavy atom. The minimum Gasteiger partial charge on any atom is -0.369 e. The van der Waals surface area contributed by atoms with Crippen LogP contribution in [0.4, 0.5) is 32.0 Å². The molecular formula is C14H17F6N3O6S3. The third kappa shape index (κ3) is 4.55. The molecule has 0 saturated carbocycles. The molecule has 0 unspecified atom stereocenters. The van der Waals surface area contributed by atoms with Crippen LogP contribution in [0.1, 0.15) is 0 Å². The predicted molar refractivity (Wildman–Crippen MR) is 101 cm³/mol. The van der Waals surface area contributed by atoms with Crippen molar-refractivity contribution in [3.05, 3.63) is 30.3 Å². The highest BCUT2D eigenvalue weighted by Crippen LogP contribution is 2.51. The Morgan fingerprint density at radius 2 is 1.25 bits per heavy atom. The monoisotopic (exact) mass is 533 g/mol. The van der Waals surface area contributed by atoms with Gasteiger partial charge in [-0.2, -0.15) is 30.6 Å². The largest absolute Gasteiger partial charge is 0.429 e. The van der Waals surface area contributed by atoms with Crippen LogP contribution in [0.2, 0.25) is 0 Å². The smallest absolute Gasteiger partial charge is 0.369 e. The van der Waals surface area contributed by atoms with Gasteiger partial charge >= 0.3 is 16.4 Å². The highest BCUT2D eigenvalue weighted by molar-refractivity contribution is 8.05. The number of alkyl halides is 6. The molecule has 0 aliphatic carbocycles. The minimum absolute atomic E-state index is 0.0140. The quantitative estimate of drug-likeness (QED) is 0.492. The second kappa shape index (κ2) is 8.30. The first kappa shape index (κ1) is 26.6. The molecule has 0 atom stereocenters. The van der Waals surface area contributed by atoms with Crippen molar-refractivity contribution in [2.45, 2.75) is 16.4 Å². The van der Waals surface area contributed by atoms with Crippen LogP contribution in [-0.4, -0.2) is 78.4 Å². The fourth-order valence-corrected chi connectivity index (χ4v) is 6.70. The summed E-state index contributed by atoms with van der Waals surface area (Å²) in [5.41, 5.74) is 0.561. The van der Waals surface area contributed by atoms with Gasteiger partial charge in [-0.3, -0.25) is 0 Å². The predicted octanol–water partition coefficient (Wildman–Crippen LogP) is 0.838. The lowest BCUT2D eigenvalue weighted by atomic mass is 10.2. The number of sulfonamides is 3. The highest BCUT2D eigenvalue weighted by Gasteiger charge is 2.82. The first-order valence-electron chi connectivity index (χ1n) is 8.44. The van der Waals surface area contributed by atoms with Crippen molar-refractivity contribution in [3.63, 3.8) is 0 Å². The summed E-state index contributed by atoms with van der Waals surface area (Å²) >= 11 is 0. The Morgan fingerprint density at radius 1 is 0.781 bits per heavy atom. The number of para-hydroxylation sites is 1. The Labute approximate surface area is 180 Å². The number of halogens is 6. The highest BCUT2D eigenvalue weighted by atomic mass is 32.3. The van der Waals surface area contributed by atoms with Crippen LogP contribution >= 0.6 is 0 Å². The van der Waals surface area contributed by atoms with Crippen LogP contribution in [0, 0.1) is 0 Å². The lowest BCUT2D eigenvalue weighted by Gasteiger charge is -2.39. The van der Waals surface area contributed by atoms with Crippen LogP contribution in [0.25, 0.3) is 0 Å². The molecule has 1 heterocycles. The third-order valence-electron chi connectivity index (χ3n) is 4.35. The van der Waals surface area contributed by atoms with Gasteiger partial charge in [0.1, 0.15) is 0 Å². The lowest BCUT2D eigenvalue weighted by molar-refractivity contribution is -0.245. The SMILES string of the molecule is CS(=O)(=O)NS(=O)(=O)C(F)(F)C(F)(F)C(F)(F)S(=O)(=O)N1CCN(c2ccccc2)CC1. The molecule has 9 nitrogen and oxygen atoms in total. The fourth-order valence-electron chi connectivity index (χ4n) is 2.74. The maximum atomic E-state index is 14.3. The topological polar surface area (TPSA) is 121 Å². The van der Waals surface area contributed by atoms with Gasteiger partial charge in [0.25, 0.3) is 20.0 Å². The van der Waals surface area contributed by atoms with Gasteiger partial charge in [-0.25, -0.2) is 25.3 Å². The Bertz CT molecular complexity index is 1150. The molecule has 0 spiro atoms. The number of piperazine rings is 1. The summed E-state index contributed by atoms with van der Waals surface area (Å²) < 4.78 is 154. The van der Waals surface area contributed by atoms with Gasteiger partial charge in [-0.05, 0) is 12.1 Å². The van der Waals surface area contributed by atoms with E-state index in [4.69, 9.17) is 0 Å². The summed E-state index contributed by atoms with van der Waals surface area (Å²) in [6.45, 7) is -2.09. The van der Waals surface area contributed by atoms with Crippen LogP contribution < -0.4 is 9.03 Å². The van der Waals surface area contributed by atoms with Crippen LogP contribution in [0.3, 0.4) is 0 Å². The summed E-state index contributed by atoms with van der Waals surface area (Å²) in [5, 5.41) is -13.4. The molecule has 1 N–H and O–H groups in total. The molecule has 18 heteroatoms. The zero-order chi connectivity index (χ0) is 24.8.